The van der Waals surface area contributed by atoms with Gasteiger partial charge in [0.25, 0.3) is 0 Å². The summed E-state index contributed by atoms with van der Waals surface area (Å²) >= 11 is 12.5. The highest BCUT2D eigenvalue weighted by Crippen LogP contribution is 2.26. The fraction of sp³-hybridized carbons (Fsp3) is 0.200. The van der Waals surface area contributed by atoms with Crippen molar-refractivity contribution in [3.8, 4) is 5.75 Å². The lowest BCUT2D eigenvalue weighted by molar-refractivity contribution is 0.0608. The van der Waals surface area contributed by atoms with Crippen molar-refractivity contribution in [1.29, 1.82) is 0 Å². The summed E-state index contributed by atoms with van der Waals surface area (Å²) in [5.74, 6) is 0.579. The summed E-state index contributed by atoms with van der Waals surface area (Å²) in [6.45, 7) is 0.674. The summed E-state index contributed by atoms with van der Waals surface area (Å²) in [6.07, 6.45) is 0.233. The number of benzene rings is 3. The van der Waals surface area contributed by atoms with Gasteiger partial charge < -0.3 is 19.8 Å². The van der Waals surface area contributed by atoms with Crippen molar-refractivity contribution in [2.45, 2.75) is 19.1 Å². The van der Waals surface area contributed by atoms with Crippen LogP contribution in [0, 0.1) is 0 Å². The van der Waals surface area contributed by atoms with Gasteiger partial charge in [0, 0.05) is 28.6 Å². The molecule has 1 aliphatic rings. The second-order valence-corrected chi connectivity index (χ2v) is 8.43. The van der Waals surface area contributed by atoms with E-state index in [0.717, 1.165) is 16.8 Å². The zero-order valence-corrected chi connectivity index (χ0v) is 19.5. The third kappa shape index (κ3) is 5.78. The number of urea groups is 1. The molecule has 0 aromatic heterocycles. The molecular formula is C25H23Cl2N3O3. The van der Waals surface area contributed by atoms with Crippen LogP contribution in [0.3, 0.4) is 0 Å². The van der Waals surface area contributed by atoms with Crippen molar-refractivity contribution in [2.24, 2.45) is 5.16 Å². The van der Waals surface area contributed by atoms with Crippen LogP contribution >= 0.6 is 23.2 Å². The van der Waals surface area contributed by atoms with Gasteiger partial charge in [-0.1, -0.05) is 70.8 Å². The van der Waals surface area contributed by atoms with Crippen molar-refractivity contribution in [1.82, 2.24) is 4.90 Å². The molecule has 33 heavy (non-hydrogen) atoms. The molecule has 0 fully saturated rings. The van der Waals surface area contributed by atoms with E-state index in [-0.39, 0.29) is 12.1 Å². The topological polar surface area (TPSA) is 63.2 Å². The number of rotatable bonds is 7. The van der Waals surface area contributed by atoms with Crippen LogP contribution in [0.5, 0.6) is 5.75 Å². The predicted octanol–water partition coefficient (Wildman–Crippen LogP) is 6.23. The van der Waals surface area contributed by atoms with Gasteiger partial charge in [-0.3, -0.25) is 0 Å². The Morgan fingerprint density at radius 3 is 2.70 bits per heavy atom. The number of hydrogen-bond donors (Lipinski definition) is 1. The molecule has 1 N–H and O–H groups in total. The Hall–Kier alpha value is -3.22. The van der Waals surface area contributed by atoms with E-state index in [1.807, 2.05) is 54.6 Å². The maximum atomic E-state index is 13.3. The molecule has 2 amide bonds. The molecule has 0 spiro atoms. The van der Waals surface area contributed by atoms with Crippen LogP contribution < -0.4 is 10.1 Å². The molecule has 1 atom stereocenters. The molecule has 4 rings (SSSR count). The normalized spacial score (nSPS) is 14.9. The first-order valence-electron chi connectivity index (χ1n) is 10.4. The Balaban J connectivity index is 1.50. The second-order valence-electron chi connectivity index (χ2n) is 7.59. The molecule has 3 aromatic rings. The number of halogens is 2. The Morgan fingerprint density at radius 1 is 1.12 bits per heavy atom. The summed E-state index contributed by atoms with van der Waals surface area (Å²) in [5.41, 5.74) is 3.09. The summed E-state index contributed by atoms with van der Waals surface area (Å²) in [5, 5.41) is 8.39. The molecule has 0 saturated carbocycles. The standard InChI is InChI=1S/C25H23Cl2N3O3/c1-32-24-12-5-4-11-22(24)28-25(31)30(15-17-7-6-8-18(26)13-17)16-19-14-23(29-33-19)20-9-2-3-10-21(20)27/h2-13,19H,14-16H2,1H3,(H,28,31)/t19-/m0/s1. The van der Waals surface area contributed by atoms with Crippen LogP contribution in [0.4, 0.5) is 10.5 Å². The average Bonchev–Trinajstić information content (AvgIpc) is 3.27. The molecule has 0 radical (unpaired) electrons. The summed E-state index contributed by atoms with van der Waals surface area (Å²) in [4.78, 5) is 20.6. The van der Waals surface area contributed by atoms with Crippen molar-refractivity contribution in [3.63, 3.8) is 0 Å². The third-order valence-corrected chi connectivity index (χ3v) is 5.80. The zero-order valence-electron chi connectivity index (χ0n) is 18.0. The van der Waals surface area contributed by atoms with Crippen LogP contribution in [-0.2, 0) is 11.4 Å². The zero-order chi connectivity index (χ0) is 23.2. The number of amides is 2. The van der Waals surface area contributed by atoms with Gasteiger partial charge in [0.05, 0.1) is 25.1 Å². The molecule has 0 aliphatic carbocycles. The number of nitrogens with one attached hydrogen (secondary N) is 1. The second kappa shape index (κ2) is 10.6. The minimum atomic E-state index is -0.307. The lowest BCUT2D eigenvalue weighted by Crippen LogP contribution is -2.40. The molecule has 8 heteroatoms. The SMILES string of the molecule is COc1ccccc1NC(=O)N(Cc1cccc(Cl)c1)C[C@@H]1CC(c2ccccc2Cl)=NO1. The van der Waals surface area contributed by atoms with Gasteiger partial charge in [0.2, 0.25) is 0 Å². The minimum absolute atomic E-state index is 0.283. The number of carbonyl (C=O) groups is 1. The summed E-state index contributed by atoms with van der Waals surface area (Å²) < 4.78 is 5.36. The quantitative estimate of drug-likeness (QED) is 0.433. The minimum Gasteiger partial charge on any atom is -0.495 e. The summed E-state index contributed by atoms with van der Waals surface area (Å²) in [7, 11) is 1.56. The molecule has 0 saturated heterocycles. The van der Waals surface area contributed by atoms with E-state index in [2.05, 4.69) is 10.5 Å². The van der Waals surface area contributed by atoms with Crippen molar-refractivity contribution in [3.05, 3.63) is 94.0 Å². The van der Waals surface area contributed by atoms with Crippen LogP contribution in [-0.4, -0.2) is 36.4 Å². The van der Waals surface area contributed by atoms with Gasteiger partial charge in [-0.25, -0.2) is 4.79 Å². The predicted molar refractivity (Wildman–Crippen MR) is 131 cm³/mol. The highest BCUT2D eigenvalue weighted by molar-refractivity contribution is 6.34. The number of ether oxygens (including phenoxy) is 1. The van der Waals surface area contributed by atoms with E-state index >= 15 is 0 Å². The first-order valence-corrected chi connectivity index (χ1v) is 11.2. The number of oxime groups is 1. The maximum absolute atomic E-state index is 13.3. The molecule has 0 bridgehead atoms. The molecule has 1 heterocycles. The van der Waals surface area contributed by atoms with Crippen LogP contribution in [0.15, 0.2) is 78.0 Å². The first-order chi connectivity index (χ1) is 16.0. The van der Waals surface area contributed by atoms with Crippen LogP contribution in [0.25, 0.3) is 0 Å². The monoisotopic (exact) mass is 483 g/mol. The molecular weight excluding hydrogens is 461 g/mol. The Bertz CT molecular complexity index is 1170. The van der Waals surface area contributed by atoms with Gasteiger partial charge in [-0.2, -0.15) is 0 Å². The van der Waals surface area contributed by atoms with Crippen LogP contribution in [0.1, 0.15) is 17.5 Å². The fourth-order valence-corrected chi connectivity index (χ4v) is 4.10. The van der Waals surface area contributed by atoms with E-state index in [9.17, 15) is 4.79 Å². The number of methoxy groups -OCH3 is 1. The molecule has 170 valence electrons. The molecule has 3 aromatic carbocycles. The van der Waals surface area contributed by atoms with Crippen molar-refractivity contribution >= 4 is 40.6 Å². The number of carbonyl (C=O) groups excluding carboxylic acids is 1. The maximum Gasteiger partial charge on any atom is 0.322 e. The highest BCUT2D eigenvalue weighted by atomic mass is 35.5. The number of para-hydroxylation sites is 2. The van der Waals surface area contributed by atoms with Crippen molar-refractivity contribution in [2.75, 3.05) is 19.0 Å². The average molecular weight is 484 g/mol. The van der Waals surface area contributed by atoms with E-state index in [0.29, 0.717) is 41.0 Å². The van der Waals surface area contributed by atoms with Gasteiger partial charge in [0.1, 0.15) is 5.75 Å². The fourth-order valence-electron chi connectivity index (χ4n) is 3.64. The van der Waals surface area contributed by atoms with E-state index in [1.165, 1.54) is 0 Å². The van der Waals surface area contributed by atoms with E-state index in [4.69, 9.17) is 32.8 Å². The van der Waals surface area contributed by atoms with Crippen molar-refractivity contribution < 1.29 is 14.4 Å². The first kappa shape index (κ1) is 23.0. The van der Waals surface area contributed by atoms with Gasteiger partial charge in [-0.15, -0.1) is 0 Å². The number of anilines is 1. The smallest absolute Gasteiger partial charge is 0.322 e. The van der Waals surface area contributed by atoms with E-state index in [1.54, 1.807) is 30.2 Å². The molecule has 0 unspecified atom stereocenters. The van der Waals surface area contributed by atoms with Crippen LogP contribution in [0.2, 0.25) is 10.0 Å². The summed E-state index contributed by atoms with van der Waals surface area (Å²) in [6, 6.07) is 21.9. The number of hydrogen-bond acceptors (Lipinski definition) is 4. The lowest BCUT2D eigenvalue weighted by atomic mass is 10.0. The van der Waals surface area contributed by atoms with Gasteiger partial charge >= 0.3 is 6.03 Å². The third-order valence-electron chi connectivity index (χ3n) is 5.24. The van der Waals surface area contributed by atoms with E-state index < -0.39 is 0 Å². The Morgan fingerprint density at radius 2 is 1.91 bits per heavy atom. The van der Waals surface area contributed by atoms with Gasteiger partial charge in [-0.05, 0) is 35.9 Å². The van der Waals surface area contributed by atoms with Gasteiger partial charge in [0.15, 0.2) is 6.10 Å². The largest absolute Gasteiger partial charge is 0.495 e. The number of nitrogens with zero attached hydrogens (tertiary/aromatic N) is 2. The molecule has 1 aliphatic heterocycles. The lowest BCUT2D eigenvalue weighted by Gasteiger charge is -2.25. The highest BCUT2D eigenvalue weighted by Gasteiger charge is 2.28. The molecule has 6 nitrogen and oxygen atoms in total. The Labute approximate surface area is 202 Å². The Kier molecular flexibility index (Phi) is 7.37.